The molecule has 4 heteroatoms. The summed E-state index contributed by atoms with van der Waals surface area (Å²) in [6.07, 6.45) is 4.00. The Morgan fingerprint density at radius 2 is 2.33 bits per heavy atom. The third kappa shape index (κ3) is 2.47. The number of aromatic nitrogens is 2. The first kappa shape index (κ1) is 8.93. The van der Waals surface area contributed by atoms with E-state index in [1.165, 1.54) is 0 Å². The zero-order chi connectivity index (χ0) is 8.97. The van der Waals surface area contributed by atoms with Gasteiger partial charge in [-0.1, -0.05) is 0 Å². The Hall–Kier alpha value is -1.16. The van der Waals surface area contributed by atoms with Gasteiger partial charge in [-0.2, -0.15) is 0 Å². The lowest BCUT2D eigenvalue weighted by Gasteiger charge is -2.04. The van der Waals surface area contributed by atoms with Gasteiger partial charge in [-0.05, 0) is 6.92 Å². The minimum atomic E-state index is 0.103. The molecule has 12 heavy (non-hydrogen) atoms. The van der Waals surface area contributed by atoms with Crippen LogP contribution in [-0.4, -0.2) is 23.1 Å². The zero-order valence-corrected chi connectivity index (χ0v) is 7.32. The second-order valence-electron chi connectivity index (χ2n) is 2.73. The first-order chi connectivity index (χ1) is 5.72. The van der Waals surface area contributed by atoms with E-state index >= 15 is 0 Å². The fourth-order valence-corrected chi connectivity index (χ4v) is 0.913. The molecule has 0 aliphatic carbocycles. The standard InChI is InChI=1S/C8H13N3O/c1-6(9)3-7-4-10-5-8(11-7)12-2/h4-6H,3,9H2,1-2H3. The summed E-state index contributed by atoms with van der Waals surface area (Å²) < 4.78 is 4.92. The number of ether oxygens (including phenoxy) is 1. The van der Waals surface area contributed by atoms with E-state index in [2.05, 4.69) is 9.97 Å². The molecular formula is C8H13N3O. The zero-order valence-electron chi connectivity index (χ0n) is 7.32. The van der Waals surface area contributed by atoms with Crippen molar-refractivity contribution < 1.29 is 4.74 Å². The maximum absolute atomic E-state index is 5.61. The van der Waals surface area contributed by atoms with Crippen LogP contribution < -0.4 is 10.5 Å². The van der Waals surface area contributed by atoms with E-state index in [9.17, 15) is 0 Å². The van der Waals surface area contributed by atoms with Gasteiger partial charge >= 0.3 is 0 Å². The highest BCUT2D eigenvalue weighted by molar-refractivity contribution is 5.08. The summed E-state index contributed by atoms with van der Waals surface area (Å²) in [5.74, 6) is 0.535. The summed E-state index contributed by atoms with van der Waals surface area (Å²) in [6.45, 7) is 1.93. The van der Waals surface area contributed by atoms with Crippen molar-refractivity contribution in [1.82, 2.24) is 9.97 Å². The molecule has 0 aliphatic heterocycles. The van der Waals surface area contributed by atoms with Crippen molar-refractivity contribution in [2.75, 3.05) is 7.11 Å². The second kappa shape index (κ2) is 4.01. The Morgan fingerprint density at radius 1 is 1.58 bits per heavy atom. The van der Waals surface area contributed by atoms with Gasteiger partial charge in [0.15, 0.2) is 0 Å². The Labute approximate surface area is 71.8 Å². The summed E-state index contributed by atoms with van der Waals surface area (Å²) >= 11 is 0. The normalized spacial score (nSPS) is 12.6. The van der Waals surface area contributed by atoms with Crippen molar-refractivity contribution >= 4 is 0 Å². The first-order valence-corrected chi connectivity index (χ1v) is 3.83. The molecule has 0 spiro atoms. The molecular weight excluding hydrogens is 154 g/mol. The van der Waals surface area contributed by atoms with Crippen LogP contribution in [0.3, 0.4) is 0 Å². The van der Waals surface area contributed by atoms with E-state index in [0.717, 1.165) is 12.1 Å². The third-order valence-electron chi connectivity index (χ3n) is 1.40. The van der Waals surface area contributed by atoms with Gasteiger partial charge in [0.1, 0.15) is 0 Å². The van der Waals surface area contributed by atoms with Crippen molar-refractivity contribution in [3.05, 3.63) is 18.1 Å². The SMILES string of the molecule is COc1cncc(CC(C)N)n1. The molecule has 1 rings (SSSR count). The van der Waals surface area contributed by atoms with Crippen LogP contribution in [0.15, 0.2) is 12.4 Å². The van der Waals surface area contributed by atoms with Crippen LogP contribution in [-0.2, 0) is 6.42 Å². The molecule has 0 aliphatic rings. The van der Waals surface area contributed by atoms with E-state index in [1.807, 2.05) is 6.92 Å². The van der Waals surface area contributed by atoms with E-state index < -0.39 is 0 Å². The lowest BCUT2D eigenvalue weighted by molar-refractivity contribution is 0.393. The molecule has 0 aromatic carbocycles. The van der Waals surface area contributed by atoms with Crippen LogP contribution in [0.1, 0.15) is 12.6 Å². The summed E-state index contributed by atoms with van der Waals surface area (Å²) in [4.78, 5) is 8.13. The highest BCUT2D eigenvalue weighted by Crippen LogP contribution is 2.04. The van der Waals surface area contributed by atoms with Crippen LogP contribution in [0.2, 0.25) is 0 Å². The van der Waals surface area contributed by atoms with Crippen molar-refractivity contribution in [2.45, 2.75) is 19.4 Å². The summed E-state index contributed by atoms with van der Waals surface area (Å²) in [5.41, 5.74) is 6.47. The van der Waals surface area contributed by atoms with E-state index in [4.69, 9.17) is 10.5 Å². The minimum absolute atomic E-state index is 0.103. The molecule has 1 atom stereocenters. The van der Waals surface area contributed by atoms with Crippen LogP contribution in [0.25, 0.3) is 0 Å². The fraction of sp³-hybridized carbons (Fsp3) is 0.500. The average Bonchev–Trinajstić information content (AvgIpc) is 2.03. The molecule has 4 nitrogen and oxygen atoms in total. The number of nitrogens with zero attached hydrogens (tertiary/aromatic N) is 2. The number of hydrogen-bond acceptors (Lipinski definition) is 4. The van der Waals surface area contributed by atoms with Gasteiger partial charge < -0.3 is 10.5 Å². The minimum Gasteiger partial charge on any atom is -0.480 e. The van der Waals surface area contributed by atoms with Gasteiger partial charge in [0.2, 0.25) is 5.88 Å². The molecule has 0 fully saturated rings. The van der Waals surface area contributed by atoms with Gasteiger partial charge in [-0.3, -0.25) is 4.98 Å². The number of methoxy groups -OCH3 is 1. The van der Waals surface area contributed by atoms with Crippen molar-refractivity contribution in [3.8, 4) is 5.88 Å². The lowest BCUT2D eigenvalue weighted by atomic mass is 10.2. The van der Waals surface area contributed by atoms with Gasteiger partial charge in [0.05, 0.1) is 19.0 Å². The second-order valence-corrected chi connectivity index (χ2v) is 2.73. The van der Waals surface area contributed by atoms with Crippen LogP contribution in [0.5, 0.6) is 5.88 Å². The molecule has 0 saturated heterocycles. The van der Waals surface area contributed by atoms with Gasteiger partial charge in [-0.25, -0.2) is 4.98 Å². The molecule has 0 radical (unpaired) electrons. The quantitative estimate of drug-likeness (QED) is 0.706. The number of rotatable bonds is 3. The molecule has 0 bridgehead atoms. The number of hydrogen-bond donors (Lipinski definition) is 1. The molecule has 2 N–H and O–H groups in total. The average molecular weight is 167 g/mol. The topological polar surface area (TPSA) is 61.0 Å². The highest BCUT2D eigenvalue weighted by atomic mass is 16.5. The Morgan fingerprint density at radius 3 is 2.92 bits per heavy atom. The Bertz CT molecular complexity index is 250. The van der Waals surface area contributed by atoms with Gasteiger partial charge in [0.25, 0.3) is 0 Å². The number of nitrogens with two attached hydrogens (primary N) is 1. The van der Waals surface area contributed by atoms with Crippen LogP contribution >= 0.6 is 0 Å². The predicted octanol–water partition coefficient (Wildman–Crippen LogP) is 0.375. The maximum atomic E-state index is 5.61. The summed E-state index contributed by atoms with van der Waals surface area (Å²) in [7, 11) is 1.57. The van der Waals surface area contributed by atoms with E-state index in [-0.39, 0.29) is 6.04 Å². The van der Waals surface area contributed by atoms with Crippen LogP contribution in [0.4, 0.5) is 0 Å². The molecule has 1 heterocycles. The molecule has 1 unspecified atom stereocenters. The third-order valence-corrected chi connectivity index (χ3v) is 1.40. The van der Waals surface area contributed by atoms with Crippen molar-refractivity contribution in [1.29, 1.82) is 0 Å². The summed E-state index contributed by atoms with van der Waals surface area (Å²) in [6, 6.07) is 0.103. The first-order valence-electron chi connectivity index (χ1n) is 3.83. The largest absolute Gasteiger partial charge is 0.480 e. The molecule has 66 valence electrons. The highest BCUT2D eigenvalue weighted by Gasteiger charge is 2.00. The maximum Gasteiger partial charge on any atom is 0.232 e. The van der Waals surface area contributed by atoms with Crippen LogP contribution in [0, 0.1) is 0 Å². The fourth-order valence-electron chi connectivity index (χ4n) is 0.913. The van der Waals surface area contributed by atoms with Gasteiger partial charge in [-0.15, -0.1) is 0 Å². The van der Waals surface area contributed by atoms with E-state index in [0.29, 0.717) is 5.88 Å². The molecule has 1 aromatic heterocycles. The summed E-state index contributed by atoms with van der Waals surface area (Å²) in [5, 5.41) is 0. The smallest absolute Gasteiger partial charge is 0.232 e. The Kier molecular flexibility index (Phi) is 2.99. The van der Waals surface area contributed by atoms with E-state index in [1.54, 1.807) is 19.5 Å². The van der Waals surface area contributed by atoms with Crippen molar-refractivity contribution in [2.24, 2.45) is 5.73 Å². The molecule has 1 aromatic rings. The lowest BCUT2D eigenvalue weighted by Crippen LogP contribution is -2.18. The van der Waals surface area contributed by atoms with Crippen molar-refractivity contribution in [3.63, 3.8) is 0 Å². The molecule has 0 saturated carbocycles. The van der Waals surface area contributed by atoms with Gasteiger partial charge in [0, 0.05) is 18.7 Å². The monoisotopic (exact) mass is 167 g/mol. The molecule has 0 amide bonds. The predicted molar refractivity (Wildman–Crippen MR) is 45.9 cm³/mol. The Balaban J connectivity index is 2.72.